The van der Waals surface area contributed by atoms with Crippen LogP contribution in [0, 0.1) is 0 Å². The number of likely N-dealkylation sites (tertiary alicyclic amines) is 1. The topological polar surface area (TPSA) is 57.6 Å². The summed E-state index contributed by atoms with van der Waals surface area (Å²) < 4.78 is 0. The molecule has 0 aromatic heterocycles. The summed E-state index contributed by atoms with van der Waals surface area (Å²) >= 11 is 5.89. The van der Waals surface area contributed by atoms with Gasteiger partial charge in [0.15, 0.2) is 0 Å². The summed E-state index contributed by atoms with van der Waals surface area (Å²) in [5.41, 5.74) is 0.817. The minimum absolute atomic E-state index is 0.260. The number of benzene rings is 1. The first-order chi connectivity index (χ1) is 10.1. The number of aliphatic carboxylic acids is 1. The molecule has 0 aliphatic carbocycles. The lowest BCUT2D eigenvalue weighted by Gasteiger charge is -2.25. The fraction of sp³-hybridized carbons (Fsp3) is 0.375. The van der Waals surface area contributed by atoms with Crippen molar-refractivity contribution in [1.82, 2.24) is 4.90 Å². The summed E-state index contributed by atoms with van der Waals surface area (Å²) in [5, 5.41) is 9.87. The minimum Gasteiger partial charge on any atom is -0.480 e. The van der Waals surface area contributed by atoms with Crippen LogP contribution in [0.3, 0.4) is 0 Å². The van der Waals surface area contributed by atoms with Crippen LogP contribution in [0.1, 0.15) is 31.2 Å². The van der Waals surface area contributed by atoms with E-state index >= 15 is 0 Å². The van der Waals surface area contributed by atoms with Crippen molar-refractivity contribution in [1.29, 1.82) is 0 Å². The van der Waals surface area contributed by atoms with Crippen LogP contribution >= 0.6 is 11.6 Å². The summed E-state index contributed by atoms with van der Waals surface area (Å²) in [7, 11) is 0. The predicted octanol–water partition coefficient (Wildman–Crippen LogP) is 3.21. The SMILES string of the molecule is O=C(O)C1CCCCCN1C(=O)C=Cc1cccc(Cl)c1. The molecule has 0 bridgehead atoms. The molecule has 4 nitrogen and oxygen atoms in total. The van der Waals surface area contributed by atoms with Gasteiger partial charge in [-0.3, -0.25) is 4.79 Å². The molecule has 2 rings (SSSR count). The number of carboxylic acids is 1. The fourth-order valence-electron chi connectivity index (χ4n) is 2.50. The van der Waals surface area contributed by atoms with Gasteiger partial charge in [0.05, 0.1) is 0 Å². The molecule has 1 amide bonds. The Kier molecular flexibility index (Phi) is 5.39. The Balaban J connectivity index is 2.11. The van der Waals surface area contributed by atoms with Crippen molar-refractivity contribution in [2.24, 2.45) is 0 Å². The first kappa shape index (κ1) is 15.6. The van der Waals surface area contributed by atoms with Crippen LogP contribution in [0.4, 0.5) is 0 Å². The van der Waals surface area contributed by atoms with E-state index in [0.29, 0.717) is 18.0 Å². The highest BCUT2D eigenvalue weighted by Crippen LogP contribution is 2.18. The maximum absolute atomic E-state index is 12.3. The first-order valence-electron chi connectivity index (χ1n) is 7.05. The van der Waals surface area contributed by atoms with Crippen LogP contribution in [0.25, 0.3) is 6.08 Å². The first-order valence-corrected chi connectivity index (χ1v) is 7.43. The van der Waals surface area contributed by atoms with Gasteiger partial charge in [0.2, 0.25) is 5.91 Å². The molecule has 5 heteroatoms. The number of halogens is 1. The molecular formula is C16H18ClNO3. The van der Waals surface area contributed by atoms with E-state index in [2.05, 4.69) is 0 Å². The second-order valence-corrected chi connectivity index (χ2v) is 5.56. The summed E-state index contributed by atoms with van der Waals surface area (Å²) in [6.45, 7) is 0.496. The monoisotopic (exact) mass is 307 g/mol. The second-order valence-electron chi connectivity index (χ2n) is 5.12. The van der Waals surface area contributed by atoms with Gasteiger partial charge in [-0.1, -0.05) is 36.6 Å². The Labute approximate surface area is 129 Å². The molecule has 1 unspecified atom stereocenters. The largest absolute Gasteiger partial charge is 0.480 e. The summed E-state index contributed by atoms with van der Waals surface area (Å²) in [5.74, 6) is -1.19. The van der Waals surface area contributed by atoms with Gasteiger partial charge in [0, 0.05) is 17.6 Å². The Morgan fingerprint density at radius 1 is 1.29 bits per heavy atom. The molecule has 1 heterocycles. The van der Waals surface area contributed by atoms with Gasteiger partial charge in [0.1, 0.15) is 6.04 Å². The lowest BCUT2D eigenvalue weighted by atomic mass is 10.1. The molecule has 1 atom stereocenters. The minimum atomic E-state index is -0.929. The molecule has 0 saturated carbocycles. The van der Waals surface area contributed by atoms with Crippen LogP contribution in [0.5, 0.6) is 0 Å². The van der Waals surface area contributed by atoms with Crippen LogP contribution in [0.2, 0.25) is 5.02 Å². The molecule has 0 radical (unpaired) electrons. The molecular weight excluding hydrogens is 290 g/mol. The van der Waals surface area contributed by atoms with E-state index in [9.17, 15) is 14.7 Å². The third kappa shape index (κ3) is 4.33. The zero-order chi connectivity index (χ0) is 15.2. The maximum Gasteiger partial charge on any atom is 0.326 e. The highest BCUT2D eigenvalue weighted by Gasteiger charge is 2.29. The standard InChI is InChI=1S/C16H18ClNO3/c17-13-6-4-5-12(11-13)8-9-15(19)18-10-3-1-2-7-14(18)16(20)21/h4-6,8-9,11,14H,1-3,7,10H2,(H,20,21). The Bertz CT molecular complexity index is 556. The summed E-state index contributed by atoms with van der Waals surface area (Å²) in [4.78, 5) is 25.0. The zero-order valence-electron chi connectivity index (χ0n) is 11.7. The van der Waals surface area contributed by atoms with E-state index in [1.807, 2.05) is 6.07 Å². The lowest BCUT2D eigenvalue weighted by molar-refractivity contribution is -0.148. The van der Waals surface area contributed by atoms with E-state index < -0.39 is 12.0 Å². The van der Waals surface area contributed by atoms with Crippen LogP contribution in [-0.2, 0) is 9.59 Å². The van der Waals surface area contributed by atoms with E-state index in [4.69, 9.17) is 11.6 Å². The van der Waals surface area contributed by atoms with Crippen molar-refractivity contribution in [2.45, 2.75) is 31.7 Å². The number of carbonyl (C=O) groups excluding carboxylic acids is 1. The van der Waals surface area contributed by atoms with E-state index in [0.717, 1.165) is 24.8 Å². The van der Waals surface area contributed by atoms with Crippen LogP contribution in [-0.4, -0.2) is 34.5 Å². The number of carboxylic acid groups (broad SMARTS) is 1. The number of nitrogens with zero attached hydrogens (tertiary/aromatic N) is 1. The molecule has 1 aliphatic heterocycles. The molecule has 1 aromatic rings. The van der Waals surface area contributed by atoms with E-state index in [1.54, 1.807) is 24.3 Å². The highest BCUT2D eigenvalue weighted by atomic mass is 35.5. The van der Waals surface area contributed by atoms with Crippen LogP contribution < -0.4 is 0 Å². The Morgan fingerprint density at radius 3 is 2.81 bits per heavy atom. The fourth-order valence-corrected chi connectivity index (χ4v) is 2.70. The molecule has 21 heavy (non-hydrogen) atoms. The van der Waals surface area contributed by atoms with Crippen molar-refractivity contribution < 1.29 is 14.7 Å². The highest BCUT2D eigenvalue weighted by molar-refractivity contribution is 6.30. The average Bonchev–Trinajstić information content (AvgIpc) is 2.70. The van der Waals surface area contributed by atoms with Crippen molar-refractivity contribution in [3.05, 3.63) is 40.9 Å². The molecule has 1 aliphatic rings. The third-order valence-corrected chi connectivity index (χ3v) is 3.82. The van der Waals surface area contributed by atoms with Crippen molar-refractivity contribution in [2.75, 3.05) is 6.54 Å². The van der Waals surface area contributed by atoms with E-state index in [1.165, 1.54) is 11.0 Å². The molecule has 0 spiro atoms. The normalized spacial score (nSPS) is 19.5. The number of amides is 1. The maximum atomic E-state index is 12.3. The van der Waals surface area contributed by atoms with Crippen molar-refractivity contribution in [3.8, 4) is 0 Å². The number of hydrogen-bond donors (Lipinski definition) is 1. The lowest BCUT2D eigenvalue weighted by Crippen LogP contribution is -2.43. The molecule has 1 N–H and O–H groups in total. The van der Waals surface area contributed by atoms with Gasteiger partial charge in [-0.25, -0.2) is 4.79 Å². The Hall–Kier alpha value is -1.81. The smallest absolute Gasteiger partial charge is 0.326 e. The van der Waals surface area contributed by atoms with Crippen molar-refractivity contribution >= 4 is 29.6 Å². The van der Waals surface area contributed by atoms with Crippen molar-refractivity contribution in [3.63, 3.8) is 0 Å². The summed E-state index contributed by atoms with van der Waals surface area (Å²) in [6, 6.07) is 6.44. The van der Waals surface area contributed by atoms with Gasteiger partial charge in [-0.05, 0) is 36.6 Å². The molecule has 112 valence electrons. The predicted molar refractivity (Wildman–Crippen MR) is 82.1 cm³/mol. The summed E-state index contributed by atoms with van der Waals surface area (Å²) in [6.07, 6.45) is 6.27. The van der Waals surface area contributed by atoms with Gasteiger partial charge in [0.25, 0.3) is 0 Å². The quantitative estimate of drug-likeness (QED) is 0.872. The third-order valence-electron chi connectivity index (χ3n) is 3.59. The van der Waals surface area contributed by atoms with Gasteiger partial charge in [-0.15, -0.1) is 0 Å². The molecule has 1 fully saturated rings. The zero-order valence-corrected chi connectivity index (χ0v) is 12.4. The van der Waals surface area contributed by atoms with Crippen LogP contribution in [0.15, 0.2) is 30.3 Å². The van der Waals surface area contributed by atoms with E-state index in [-0.39, 0.29) is 5.91 Å². The number of rotatable bonds is 3. The van der Waals surface area contributed by atoms with Gasteiger partial charge < -0.3 is 10.0 Å². The average molecular weight is 308 g/mol. The number of hydrogen-bond acceptors (Lipinski definition) is 2. The Morgan fingerprint density at radius 2 is 2.10 bits per heavy atom. The van der Waals surface area contributed by atoms with Gasteiger partial charge >= 0.3 is 5.97 Å². The molecule has 1 saturated heterocycles. The second kappa shape index (κ2) is 7.27. The number of carbonyl (C=O) groups is 2. The van der Waals surface area contributed by atoms with Gasteiger partial charge in [-0.2, -0.15) is 0 Å². The molecule has 1 aromatic carbocycles.